The molecule has 0 unspecified atom stereocenters. The smallest absolute Gasteiger partial charge is 0.345 e. The zero-order chi connectivity index (χ0) is 16.7. The minimum absolute atomic E-state index is 0.110. The summed E-state index contributed by atoms with van der Waals surface area (Å²) in [5.41, 5.74) is 2.66. The molecule has 118 valence electrons. The van der Waals surface area contributed by atoms with Gasteiger partial charge in [0, 0.05) is 22.4 Å². The second-order valence-electron chi connectivity index (χ2n) is 5.53. The van der Waals surface area contributed by atoms with E-state index in [1.807, 2.05) is 35.7 Å². The summed E-state index contributed by atoms with van der Waals surface area (Å²) in [6, 6.07) is 14.8. The first-order valence-electron chi connectivity index (χ1n) is 7.40. The Morgan fingerprint density at radius 3 is 2.71 bits per heavy atom. The molecule has 2 aromatic heterocycles. The molecule has 0 saturated carbocycles. The van der Waals surface area contributed by atoms with Crippen LogP contribution in [0.2, 0.25) is 0 Å². The van der Waals surface area contributed by atoms with Gasteiger partial charge in [-0.25, -0.2) is 9.78 Å². The van der Waals surface area contributed by atoms with Crippen molar-refractivity contribution in [2.45, 2.75) is 6.92 Å². The van der Waals surface area contributed by atoms with Crippen molar-refractivity contribution >= 4 is 22.3 Å². The summed E-state index contributed by atoms with van der Waals surface area (Å²) in [4.78, 5) is 16.9. The Hall–Kier alpha value is -2.92. The second-order valence-corrected chi connectivity index (χ2v) is 6.39. The van der Waals surface area contributed by atoms with Crippen molar-refractivity contribution in [2.24, 2.45) is 0 Å². The molecule has 2 heterocycles. The van der Waals surface area contributed by atoms with E-state index in [2.05, 4.69) is 4.98 Å². The summed E-state index contributed by atoms with van der Waals surface area (Å²) in [6.07, 6.45) is 0. The van der Waals surface area contributed by atoms with E-state index >= 15 is 0 Å². The van der Waals surface area contributed by atoms with E-state index in [1.165, 1.54) is 17.4 Å². The lowest BCUT2D eigenvalue weighted by Crippen LogP contribution is -2.03. The molecule has 0 spiro atoms. The average Bonchev–Trinajstić information content (AvgIpc) is 3.06. The molecule has 0 aliphatic rings. The molecular weight excluding hydrogens is 322 g/mol. The van der Waals surface area contributed by atoms with Gasteiger partial charge in [-0.2, -0.15) is 0 Å². The van der Waals surface area contributed by atoms with Crippen molar-refractivity contribution in [2.75, 3.05) is 0 Å². The fraction of sp³-hybridized carbons (Fsp3) is 0.0526. The Balaban J connectivity index is 1.85. The highest BCUT2D eigenvalue weighted by Crippen LogP contribution is 2.30. The number of fused-ring (bicyclic) bond motifs is 1. The van der Waals surface area contributed by atoms with E-state index in [0.29, 0.717) is 16.8 Å². The van der Waals surface area contributed by atoms with Gasteiger partial charge < -0.3 is 9.52 Å². The summed E-state index contributed by atoms with van der Waals surface area (Å²) in [5, 5.41) is 13.2. The van der Waals surface area contributed by atoms with Gasteiger partial charge in [0.1, 0.15) is 16.3 Å². The summed E-state index contributed by atoms with van der Waals surface area (Å²) in [6.45, 7) is 1.80. The van der Waals surface area contributed by atoms with E-state index in [4.69, 9.17) is 4.42 Å². The Labute approximate surface area is 141 Å². The van der Waals surface area contributed by atoms with Gasteiger partial charge >= 0.3 is 5.63 Å². The van der Waals surface area contributed by atoms with Crippen LogP contribution in [-0.4, -0.2) is 10.1 Å². The first kappa shape index (κ1) is 14.7. The monoisotopic (exact) mass is 335 g/mol. The predicted molar refractivity (Wildman–Crippen MR) is 95.4 cm³/mol. The maximum atomic E-state index is 12.3. The van der Waals surface area contributed by atoms with Crippen molar-refractivity contribution in [3.8, 4) is 27.6 Å². The standard InChI is InChI=1S/C19H13NO3S/c1-11-7-13-8-14(19(22)23-17(13)9-16(11)21)15-10-24-18(20-15)12-5-3-2-4-6-12/h2-10,21H,1H3. The third kappa shape index (κ3) is 2.49. The normalized spacial score (nSPS) is 11.0. The van der Waals surface area contributed by atoms with Gasteiger partial charge in [-0.1, -0.05) is 30.3 Å². The molecule has 0 saturated heterocycles. The van der Waals surface area contributed by atoms with Crippen LogP contribution in [0.5, 0.6) is 5.75 Å². The van der Waals surface area contributed by atoms with Crippen LogP contribution in [0.15, 0.2) is 63.1 Å². The van der Waals surface area contributed by atoms with Gasteiger partial charge in [0.2, 0.25) is 0 Å². The number of hydrogen-bond donors (Lipinski definition) is 1. The van der Waals surface area contributed by atoms with Crippen LogP contribution < -0.4 is 5.63 Å². The molecule has 4 aromatic rings. The fourth-order valence-corrected chi connectivity index (χ4v) is 3.39. The largest absolute Gasteiger partial charge is 0.508 e. The maximum Gasteiger partial charge on any atom is 0.345 e. The lowest BCUT2D eigenvalue weighted by atomic mass is 10.1. The first-order chi connectivity index (χ1) is 11.6. The Kier molecular flexibility index (Phi) is 3.43. The van der Waals surface area contributed by atoms with Gasteiger partial charge in [-0.3, -0.25) is 0 Å². The molecule has 5 heteroatoms. The first-order valence-corrected chi connectivity index (χ1v) is 8.28. The SMILES string of the molecule is Cc1cc2cc(-c3csc(-c4ccccc4)n3)c(=O)oc2cc1O. The number of benzene rings is 2. The highest BCUT2D eigenvalue weighted by Gasteiger charge is 2.13. The number of phenolic OH excluding ortho intramolecular Hbond substituents is 1. The highest BCUT2D eigenvalue weighted by molar-refractivity contribution is 7.13. The van der Waals surface area contributed by atoms with Crippen LogP contribution in [0.4, 0.5) is 0 Å². The molecule has 0 bridgehead atoms. The quantitative estimate of drug-likeness (QED) is 0.544. The van der Waals surface area contributed by atoms with Gasteiger partial charge in [0.05, 0.1) is 11.3 Å². The van der Waals surface area contributed by atoms with Crippen LogP contribution in [-0.2, 0) is 0 Å². The number of phenols is 1. The van der Waals surface area contributed by atoms with Gasteiger partial charge in [0.25, 0.3) is 0 Å². The number of hydrogen-bond acceptors (Lipinski definition) is 5. The number of aryl methyl sites for hydroxylation is 1. The van der Waals surface area contributed by atoms with E-state index < -0.39 is 5.63 Å². The number of rotatable bonds is 2. The van der Waals surface area contributed by atoms with E-state index in [9.17, 15) is 9.90 Å². The molecule has 1 N–H and O–H groups in total. The topological polar surface area (TPSA) is 63.3 Å². The lowest BCUT2D eigenvalue weighted by Gasteiger charge is -2.03. The zero-order valence-corrected chi connectivity index (χ0v) is 13.6. The van der Waals surface area contributed by atoms with Crippen molar-refractivity contribution in [3.05, 3.63) is 69.9 Å². The maximum absolute atomic E-state index is 12.3. The number of aromatic nitrogens is 1. The number of aromatic hydroxyl groups is 1. The lowest BCUT2D eigenvalue weighted by molar-refractivity contribution is 0.469. The summed E-state index contributed by atoms with van der Waals surface area (Å²) >= 11 is 1.49. The van der Waals surface area contributed by atoms with Gasteiger partial charge in [0.15, 0.2) is 0 Å². The summed E-state index contributed by atoms with van der Waals surface area (Å²) < 4.78 is 5.35. The van der Waals surface area contributed by atoms with Crippen molar-refractivity contribution in [1.82, 2.24) is 4.98 Å². The molecule has 4 rings (SSSR count). The molecule has 2 aromatic carbocycles. The molecule has 0 radical (unpaired) electrons. The Morgan fingerprint density at radius 1 is 1.12 bits per heavy atom. The second kappa shape index (κ2) is 5.62. The molecule has 0 amide bonds. The Morgan fingerprint density at radius 2 is 1.92 bits per heavy atom. The minimum atomic E-state index is -0.462. The van der Waals surface area contributed by atoms with Gasteiger partial charge in [-0.05, 0) is 24.6 Å². The van der Waals surface area contributed by atoms with Crippen molar-refractivity contribution in [1.29, 1.82) is 0 Å². The minimum Gasteiger partial charge on any atom is -0.508 e. The molecule has 4 nitrogen and oxygen atoms in total. The van der Waals surface area contributed by atoms with E-state index in [1.54, 1.807) is 19.1 Å². The average molecular weight is 335 g/mol. The molecule has 0 aliphatic carbocycles. The Bertz CT molecular complexity index is 1100. The molecule has 24 heavy (non-hydrogen) atoms. The van der Waals surface area contributed by atoms with Crippen molar-refractivity contribution in [3.63, 3.8) is 0 Å². The highest BCUT2D eigenvalue weighted by atomic mass is 32.1. The van der Waals surface area contributed by atoms with Crippen LogP contribution in [0.3, 0.4) is 0 Å². The molecule has 0 fully saturated rings. The van der Waals surface area contributed by atoms with Crippen LogP contribution >= 0.6 is 11.3 Å². The predicted octanol–water partition coefficient (Wildman–Crippen LogP) is 4.60. The third-order valence-corrected chi connectivity index (χ3v) is 4.74. The fourth-order valence-electron chi connectivity index (χ4n) is 2.56. The third-order valence-electron chi connectivity index (χ3n) is 3.85. The number of nitrogens with zero attached hydrogens (tertiary/aromatic N) is 1. The molecule has 0 aliphatic heterocycles. The van der Waals surface area contributed by atoms with Crippen LogP contribution in [0.25, 0.3) is 32.8 Å². The van der Waals surface area contributed by atoms with Crippen LogP contribution in [0, 0.1) is 6.92 Å². The van der Waals surface area contributed by atoms with Gasteiger partial charge in [-0.15, -0.1) is 11.3 Å². The molecule has 0 atom stereocenters. The summed E-state index contributed by atoms with van der Waals surface area (Å²) in [5.74, 6) is 0.110. The van der Waals surface area contributed by atoms with Crippen molar-refractivity contribution < 1.29 is 9.52 Å². The van der Waals surface area contributed by atoms with E-state index in [0.717, 1.165) is 21.5 Å². The van der Waals surface area contributed by atoms with E-state index in [-0.39, 0.29) is 5.75 Å². The zero-order valence-electron chi connectivity index (χ0n) is 12.8. The van der Waals surface area contributed by atoms with Crippen LogP contribution in [0.1, 0.15) is 5.56 Å². The summed E-state index contributed by atoms with van der Waals surface area (Å²) in [7, 11) is 0. The molecular formula is C19H13NO3S. The number of thiazole rings is 1.